The van der Waals surface area contributed by atoms with Gasteiger partial charge in [-0.15, -0.1) is 11.3 Å². The minimum atomic E-state index is -4.50. The van der Waals surface area contributed by atoms with Gasteiger partial charge in [0.25, 0.3) is 5.91 Å². The second-order valence-electron chi connectivity index (χ2n) is 11.2. The van der Waals surface area contributed by atoms with Crippen molar-refractivity contribution in [3.63, 3.8) is 0 Å². The van der Waals surface area contributed by atoms with Crippen LogP contribution in [0, 0.1) is 0 Å². The molecule has 1 amide bonds. The van der Waals surface area contributed by atoms with E-state index in [1.165, 1.54) is 6.07 Å². The number of aromatic nitrogens is 4. The van der Waals surface area contributed by atoms with Crippen molar-refractivity contribution in [2.45, 2.75) is 83.1 Å². The molecule has 2 aliphatic rings. The number of fused-ring (bicyclic) bond motifs is 2. The number of hydrogen-bond donors (Lipinski definition) is 2. The van der Waals surface area contributed by atoms with Crippen LogP contribution in [-0.2, 0) is 19.5 Å². The molecule has 44 heavy (non-hydrogen) atoms. The first-order valence-electron chi connectivity index (χ1n) is 14.6. The molecule has 0 radical (unpaired) electrons. The molecule has 10 nitrogen and oxygen atoms in total. The van der Waals surface area contributed by atoms with Crippen molar-refractivity contribution < 1.29 is 31.6 Å². The Balaban J connectivity index is 1.27. The number of likely N-dealkylation sites (tertiary alicyclic amines) is 1. The van der Waals surface area contributed by atoms with Gasteiger partial charge in [-0.05, 0) is 43.3 Å². The molecule has 0 bridgehead atoms. The van der Waals surface area contributed by atoms with Crippen LogP contribution in [-0.4, -0.2) is 74.9 Å². The highest BCUT2D eigenvalue weighted by Gasteiger charge is 2.40. The van der Waals surface area contributed by atoms with Crippen molar-refractivity contribution in [1.29, 1.82) is 0 Å². The smallest absolute Gasteiger partial charge is 0.393 e. The number of nitrogens with zero attached hydrogens (tertiary/aromatic N) is 5. The molecule has 0 saturated carbocycles. The number of piperidine rings is 1. The van der Waals surface area contributed by atoms with Crippen molar-refractivity contribution in [2.24, 2.45) is 0 Å². The first-order valence-corrected chi connectivity index (χ1v) is 15.4. The van der Waals surface area contributed by atoms with Crippen molar-refractivity contribution in [1.82, 2.24) is 30.1 Å². The SMILES string of the molecule is CCC1CC(Nc2cccc3c(CC(F)(F)F)c(-c4noc(CNC(=O)c5cc6n(n5)CCO6)n4)sc23)C(F)C(CC)N1C. The number of halogens is 4. The van der Waals surface area contributed by atoms with Crippen molar-refractivity contribution in [2.75, 3.05) is 19.0 Å². The second-order valence-corrected chi connectivity index (χ2v) is 12.2. The number of carbonyl (C=O) groups excluding carboxylic acids is 1. The van der Waals surface area contributed by atoms with Gasteiger partial charge in [0.1, 0.15) is 12.8 Å². The Labute approximate surface area is 254 Å². The van der Waals surface area contributed by atoms with Gasteiger partial charge in [0.15, 0.2) is 5.69 Å². The van der Waals surface area contributed by atoms with E-state index in [9.17, 15) is 18.0 Å². The Morgan fingerprint density at radius 1 is 1.23 bits per heavy atom. The highest BCUT2D eigenvalue weighted by Crippen LogP contribution is 2.44. The number of anilines is 1. The van der Waals surface area contributed by atoms with Crippen LogP contribution in [0.1, 0.15) is 55.1 Å². The molecule has 1 fully saturated rings. The predicted molar refractivity (Wildman–Crippen MR) is 157 cm³/mol. The molecule has 6 rings (SSSR count). The molecular formula is C29H33F4N7O3S. The van der Waals surface area contributed by atoms with E-state index >= 15 is 4.39 Å². The summed E-state index contributed by atoms with van der Waals surface area (Å²) < 4.78 is 69.9. The normalized spacial score (nSPS) is 22.2. The Morgan fingerprint density at radius 2 is 2.05 bits per heavy atom. The molecule has 4 unspecified atom stereocenters. The average molecular weight is 636 g/mol. The van der Waals surface area contributed by atoms with Gasteiger partial charge in [0.05, 0.1) is 40.8 Å². The van der Waals surface area contributed by atoms with Crippen LogP contribution < -0.4 is 15.4 Å². The number of ether oxygens (including phenoxy) is 1. The number of carbonyl (C=O) groups is 1. The number of alkyl halides is 4. The highest BCUT2D eigenvalue weighted by atomic mass is 32.1. The molecule has 5 heterocycles. The number of amides is 1. The summed E-state index contributed by atoms with van der Waals surface area (Å²) in [6, 6.07) is 6.02. The average Bonchev–Trinajstić information content (AvgIpc) is 3.77. The van der Waals surface area contributed by atoms with Gasteiger partial charge in [-0.25, -0.2) is 9.07 Å². The molecule has 4 aromatic rings. The van der Waals surface area contributed by atoms with E-state index in [2.05, 4.69) is 37.7 Å². The number of benzene rings is 1. The predicted octanol–water partition coefficient (Wildman–Crippen LogP) is 5.59. The third-order valence-corrected chi connectivity index (χ3v) is 9.68. The van der Waals surface area contributed by atoms with Gasteiger partial charge in [-0.3, -0.25) is 9.69 Å². The Hall–Kier alpha value is -3.72. The zero-order valence-electron chi connectivity index (χ0n) is 24.4. The lowest BCUT2D eigenvalue weighted by Crippen LogP contribution is -2.57. The summed E-state index contributed by atoms with van der Waals surface area (Å²) in [4.78, 5) is 19.2. The van der Waals surface area contributed by atoms with E-state index in [0.717, 1.165) is 17.8 Å². The zero-order valence-corrected chi connectivity index (χ0v) is 25.3. The van der Waals surface area contributed by atoms with E-state index in [-0.39, 0.29) is 46.5 Å². The Morgan fingerprint density at radius 3 is 2.77 bits per heavy atom. The molecule has 2 aliphatic heterocycles. The summed E-state index contributed by atoms with van der Waals surface area (Å²) in [6.07, 6.45) is -4.77. The lowest BCUT2D eigenvalue weighted by molar-refractivity contribution is -0.126. The van der Waals surface area contributed by atoms with Crippen LogP contribution in [0.25, 0.3) is 20.8 Å². The summed E-state index contributed by atoms with van der Waals surface area (Å²) in [5, 5.41) is 14.5. The van der Waals surface area contributed by atoms with E-state index in [0.29, 0.717) is 47.6 Å². The van der Waals surface area contributed by atoms with E-state index in [4.69, 9.17) is 9.26 Å². The number of hydrogen-bond acceptors (Lipinski definition) is 9. The van der Waals surface area contributed by atoms with Crippen LogP contribution in [0.4, 0.5) is 23.2 Å². The molecule has 3 aromatic heterocycles. The Kier molecular flexibility index (Phi) is 8.26. The topological polar surface area (TPSA) is 110 Å². The molecule has 1 saturated heterocycles. The molecular weight excluding hydrogens is 602 g/mol. The summed E-state index contributed by atoms with van der Waals surface area (Å²) >= 11 is 1.10. The molecule has 4 atom stereocenters. The van der Waals surface area contributed by atoms with Crippen LogP contribution in [0.5, 0.6) is 5.88 Å². The molecule has 0 aliphatic carbocycles. The van der Waals surface area contributed by atoms with Crippen LogP contribution in [0.3, 0.4) is 0 Å². The standard InChI is InChI=1S/C29H33F4N7O3S/c1-4-15-11-19(24(30)21(5-2)39(15)3)35-18-8-6-7-16-17(13-29(31,32)33)26(44-25(16)18)27-36-22(43-38-27)14-34-28(41)20-12-23-40(37-20)9-10-42-23/h6-8,12,15,19,21,24,35H,4-5,9-11,13-14H2,1-3H3,(H,34,41). The maximum atomic E-state index is 15.7. The van der Waals surface area contributed by atoms with Gasteiger partial charge in [0, 0.05) is 18.2 Å². The van der Waals surface area contributed by atoms with Crippen LogP contribution in [0.15, 0.2) is 28.8 Å². The number of nitrogens with one attached hydrogen (secondary N) is 2. The van der Waals surface area contributed by atoms with Gasteiger partial charge in [0.2, 0.25) is 17.6 Å². The summed E-state index contributed by atoms with van der Waals surface area (Å²) in [5.74, 6) is 0.0169. The van der Waals surface area contributed by atoms with Crippen LogP contribution in [0.2, 0.25) is 0 Å². The van der Waals surface area contributed by atoms with E-state index in [1.807, 2.05) is 14.0 Å². The lowest BCUT2D eigenvalue weighted by Gasteiger charge is -2.45. The first-order chi connectivity index (χ1) is 21.1. The summed E-state index contributed by atoms with van der Waals surface area (Å²) in [5.41, 5.74) is 0.742. The molecule has 2 N–H and O–H groups in total. The van der Waals surface area contributed by atoms with Gasteiger partial charge >= 0.3 is 6.18 Å². The highest BCUT2D eigenvalue weighted by molar-refractivity contribution is 7.23. The molecule has 15 heteroatoms. The third-order valence-electron chi connectivity index (χ3n) is 8.40. The minimum absolute atomic E-state index is 0.0168. The van der Waals surface area contributed by atoms with Gasteiger partial charge in [-0.2, -0.15) is 23.3 Å². The van der Waals surface area contributed by atoms with E-state index in [1.54, 1.807) is 22.9 Å². The van der Waals surface area contributed by atoms with Crippen molar-refractivity contribution >= 4 is 33.0 Å². The number of rotatable bonds is 9. The van der Waals surface area contributed by atoms with E-state index < -0.39 is 30.7 Å². The second kappa shape index (κ2) is 12.0. The minimum Gasteiger partial charge on any atom is -0.476 e. The van der Waals surface area contributed by atoms with Gasteiger partial charge in [-0.1, -0.05) is 31.1 Å². The molecule has 1 aromatic carbocycles. The fraction of sp³-hybridized carbons (Fsp3) is 0.517. The van der Waals surface area contributed by atoms with Crippen LogP contribution >= 0.6 is 11.3 Å². The largest absolute Gasteiger partial charge is 0.476 e. The quantitative estimate of drug-likeness (QED) is 0.229. The molecule has 0 spiro atoms. The summed E-state index contributed by atoms with van der Waals surface area (Å²) in [6.45, 7) is 4.93. The maximum absolute atomic E-state index is 15.7. The van der Waals surface area contributed by atoms with Crippen molar-refractivity contribution in [3.05, 3.63) is 41.4 Å². The zero-order chi connectivity index (χ0) is 31.2. The Bertz CT molecular complexity index is 1630. The monoisotopic (exact) mass is 635 g/mol. The summed E-state index contributed by atoms with van der Waals surface area (Å²) in [7, 11) is 1.95. The fourth-order valence-electron chi connectivity index (χ4n) is 6.19. The first kappa shape index (κ1) is 30.3. The lowest BCUT2D eigenvalue weighted by atomic mass is 9.87. The third kappa shape index (κ3) is 5.86. The number of thiophene rings is 1. The van der Waals surface area contributed by atoms with Crippen molar-refractivity contribution in [3.8, 4) is 16.6 Å². The fourth-order valence-corrected chi connectivity index (χ4v) is 7.41. The molecule has 236 valence electrons. The maximum Gasteiger partial charge on any atom is 0.393 e. The van der Waals surface area contributed by atoms with Gasteiger partial charge < -0.3 is 19.9 Å².